The molecule has 0 unspecified atom stereocenters. The zero-order valence-corrected chi connectivity index (χ0v) is 7.80. The first kappa shape index (κ1) is 9.01. The lowest BCUT2D eigenvalue weighted by Gasteiger charge is -2.36. The molecule has 1 aliphatic rings. The maximum absolute atomic E-state index is 9.06. The Balaban J connectivity index is 2.57. The van der Waals surface area contributed by atoms with Crippen molar-refractivity contribution in [1.82, 2.24) is 4.90 Å². The van der Waals surface area contributed by atoms with Gasteiger partial charge in [0.1, 0.15) is 0 Å². The van der Waals surface area contributed by atoms with Gasteiger partial charge in [0.2, 0.25) is 0 Å². The van der Waals surface area contributed by atoms with Crippen LogP contribution in [0.5, 0.6) is 0 Å². The number of hydrogen-bond donors (Lipinski definition) is 1. The van der Waals surface area contributed by atoms with Crippen molar-refractivity contribution in [2.45, 2.75) is 45.2 Å². The Bertz CT molecular complexity index is 128. The highest BCUT2D eigenvalue weighted by Gasteiger charge is 2.31. The van der Waals surface area contributed by atoms with Crippen LogP contribution in [0.25, 0.3) is 0 Å². The van der Waals surface area contributed by atoms with Gasteiger partial charge in [-0.15, -0.1) is 0 Å². The van der Waals surface area contributed by atoms with Crippen LogP contribution >= 0.6 is 0 Å². The first-order chi connectivity index (χ1) is 5.05. The van der Waals surface area contributed by atoms with E-state index in [0.717, 1.165) is 13.0 Å². The minimum Gasteiger partial charge on any atom is -0.395 e. The van der Waals surface area contributed by atoms with E-state index in [1.165, 1.54) is 6.42 Å². The molecule has 66 valence electrons. The predicted molar refractivity (Wildman–Crippen MR) is 46.6 cm³/mol. The monoisotopic (exact) mass is 157 g/mol. The van der Waals surface area contributed by atoms with Crippen molar-refractivity contribution in [2.24, 2.45) is 0 Å². The van der Waals surface area contributed by atoms with Gasteiger partial charge in [0.05, 0.1) is 6.61 Å². The molecule has 0 aromatic heterocycles. The maximum atomic E-state index is 9.06. The van der Waals surface area contributed by atoms with Crippen molar-refractivity contribution in [3.8, 4) is 0 Å². The van der Waals surface area contributed by atoms with E-state index in [1.54, 1.807) is 0 Å². The molecule has 0 radical (unpaired) electrons. The molecule has 0 aliphatic carbocycles. The lowest BCUT2D eigenvalue weighted by molar-refractivity contribution is 0.0804. The summed E-state index contributed by atoms with van der Waals surface area (Å²) >= 11 is 0. The highest BCUT2D eigenvalue weighted by molar-refractivity contribution is 4.87. The molecular weight excluding hydrogens is 138 g/mol. The summed E-state index contributed by atoms with van der Waals surface area (Å²) in [5, 5.41) is 9.06. The quantitative estimate of drug-likeness (QED) is 0.619. The van der Waals surface area contributed by atoms with E-state index in [1.807, 2.05) is 0 Å². The standard InChI is InChI=1S/C9H19NO/c1-9(2,3)10-6-4-5-8(10)7-11/h8,11H,4-7H2,1-3H3/t8-/m0/s1. The van der Waals surface area contributed by atoms with Gasteiger partial charge in [0, 0.05) is 11.6 Å². The van der Waals surface area contributed by atoms with E-state index in [2.05, 4.69) is 25.7 Å². The van der Waals surface area contributed by atoms with Crippen molar-refractivity contribution in [3.05, 3.63) is 0 Å². The molecule has 1 fully saturated rings. The average molecular weight is 157 g/mol. The number of likely N-dealkylation sites (tertiary alicyclic amines) is 1. The minimum atomic E-state index is 0.226. The highest BCUT2D eigenvalue weighted by atomic mass is 16.3. The van der Waals surface area contributed by atoms with E-state index >= 15 is 0 Å². The third-order valence-corrected chi connectivity index (χ3v) is 2.45. The van der Waals surface area contributed by atoms with Crippen molar-refractivity contribution >= 4 is 0 Å². The van der Waals surface area contributed by atoms with E-state index in [9.17, 15) is 0 Å². The second-order valence-electron chi connectivity index (χ2n) is 4.34. The Labute approximate surface area is 69.2 Å². The van der Waals surface area contributed by atoms with Crippen molar-refractivity contribution in [2.75, 3.05) is 13.2 Å². The van der Waals surface area contributed by atoms with Crippen LogP contribution in [-0.2, 0) is 0 Å². The topological polar surface area (TPSA) is 23.5 Å². The van der Waals surface area contributed by atoms with Gasteiger partial charge < -0.3 is 5.11 Å². The second kappa shape index (κ2) is 3.11. The lowest BCUT2D eigenvalue weighted by atomic mass is 10.1. The fourth-order valence-electron chi connectivity index (χ4n) is 1.91. The van der Waals surface area contributed by atoms with Gasteiger partial charge in [-0.25, -0.2) is 0 Å². The Morgan fingerprint density at radius 3 is 2.45 bits per heavy atom. The lowest BCUT2D eigenvalue weighted by Crippen LogP contribution is -2.45. The SMILES string of the molecule is CC(C)(C)N1CCC[C@H]1CO. The minimum absolute atomic E-state index is 0.226. The Kier molecular flexibility index (Phi) is 2.55. The number of hydrogen-bond acceptors (Lipinski definition) is 2. The van der Waals surface area contributed by atoms with E-state index < -0.39 is 0 Å². The molecule has 2 nitrogen and oxygen atoms in total. The molecule has 0 aromatic rings. The van der Waals surface area contributed by atoms with E-state index in [-0.39, 0.29) is 5.54 Å². The van der Waals surface area contributed by atoms with E-state index in [0.29, 0.717) is 12.6 Å². The summed E-state index contributed by atoms with van der Waals surface area (Å²) in [7, 11) is 0. The van der Waals surface area contributed by atoms with E-state index in [4.69, 9.17) is 5.11 Å². The third kappa shape index (κ3) is 1.94. The molecule has 0 spiro atoms. The van der Waals surface area contributed by atoms with Gasteiger partial charge >= 0.3 is 0 Å². The smallest absolute Gasteiger partial charge is 0.0587 e. The van der Waals surface area contributed by atoms with Gasteiger partial charge in [0.25, 0.3) is 0 Å². The van der Waals surface area contributed by atoms with Crippen LogP contribution in [-0.4, -0.2) is 34.7 Å². The second-order valence-corrected chi connectivity index (χ2v) is 4.34. The normalized spacial score (nSPS) is 27.8. The summed E-state index contributed by atoms with van der Waals surface area (Å²) in [6.07, 6.45) is 2.40. The van der Waals surface area contributed by atoms with Gasteiger partial charge in [0.15, 0.2) is 0 Å². The van der Waals surface area contributed by atoms with Crippen LogP contribution in [0, 0.1) is 0 Å². The molecule has 1 rings (SSSR count). The fourth-order valence-corrected chi connectivity index (χ4v) is 1.91. The zero-order valence-electron chi connectivity index (χ0n) is 7.80. The molecule has 2 heteroatoms. The summed E-state index contributed by atoms with van der Waals surface area (Å²) in [5.41, 5.74) is 0.226. The van der Waals surface area contributed by atoms with Crippen LogP contribution in [0.3, 0.4) is 0 Å². The average Bonchev–Trinajstić information content (AvgIpc) is 2.31. The first-order valence-corrected chi connectivity index (χ1v) is 4.43. The van der Waals surface area contributed by atoms with Crippen LogP contribution in [0.1, 0.15) is 33.6 Å². The molecule has 0 saturated carbocycles. The van der Waals surface area contributed by atoms with Crippen LogP contribution in [0.2, 0.25) is 0 Å². The number of nitrogens with zero attached hydrogens (tertiary/aromatic N) is 1. The number of aliphatic hydroxyl groups is 1. The molecule has 0 bridgehead atoms. The molecular formula is C9H19NO. The Morgan fingerprint density at radius 2 is 2.09 bits per heavy atom. The molecule has 1 aliphatic heterocycles. The number of rotatable bonds is 1. The molecule has 1 saturated heterocycles. The summed E-state index contributed by atoms with van der Waals surface area (Å²) in [5.74, 6) is 0. The summed E-state index contributed by atoms with van der Waals surface area (Å²) in [6, 6.07) is 0.412. The molecule has 11 heavy (non-hydrogen) atoms. The molecule has 1 heterocycles. The zero-order chi connectivity index (χ0) is 8.48. The summed E-state index contributed by atoms with van der Waals surface area (Å²) in [4.78, 5) is 2.40. The highest BCUT2D eigenvalue weighted by Crippen LogP contribution is 2.25. The van der Waals surface area contributed by atoms with Gasteiger partial charge in [-0.3, -0.25) is 4.90 Å². The summed E-state index contributed by atoms with van der Waals surface area (Å²) in [6.45, 7) is 8.09. The van der Waals surface area contributed by atoms with Crippen LogP contribution in [0.15, 0.2) is 0 Å². The molecule has 1 N–H and O–H groups in total. The predicted octanol–water partition coefficient (Wildman–Crippen LogP) is 1.24. The van der Waals surface area contributed by atoms with Crippen molar-refractivity contribution in [1.29, 1.82) is 0 Å². The summed E-state index contributed by atoms with van der Waals surface area (Å²) < 4.78 is 0. The maximum Gasteiger partial charge on any atom is 0.0587 e. The fraction of sp³-hybridized carbons (Fsp3) is 1.00. The van der Waals surface area contributed by atoms with Crippen LogP contribution < -0.4 is 0 Å². The third-order valence-electron chi connectivity index (χ3n) is 2.45. The van der Waals surface area contributed by atoms with Gasteiger partial charge in [-0.2, -0.15) is 0 Å². The molecule has 1 atom stereocenters. The number of aliphatic hydroxyl groups excluding tert-OH is 1. The largest absolute Gasteiger partial charge is 0.395 e. The Morgan fingerprint density at radius 1 is 1.45 bits per heavy atom. The van der Waals surface area contributed by atoms with Crippen LogP contribution in [0.4, 0.5) is 0 Å². The first-order valence-electron chi connectivity index (χ1n) is 4.43. The molecule has 0 aromatic carbocycles. The van der Waals surface area contributed by atoms with Crippen molar-refractivity contribution in [3.63, 3.8) is 0 Å². The Hall–Kier alpha value is -0.0800. The van der Waals surface area contributed by atoms with Gasteiger partial charge in [-0.1, -0.05) is 0 Å². The van der Waals surface area contributed by atoms with Gasteiger partial charge in [-0.05, 0) is 40.2 Å². The molecule has 0 amide bonds. The van der Waals surface area contributed by atoms with Crippen molar-refractivity contribution < 1.29 is 5.11 Å².